The number of hydrogen-bond donors (Lipinski definition) is 1. The summed E-state index contributed by atoms with van der Waals surface area (Å²) in [5.41, 5.74) is -0.845. The zero-order valence-corrected chi connectivity index (χ0v) is 10.2. The van der Waals surface area contributed by atoms with E-state index in [2.05, 4.69) is 17.2 Å². The molecule has 0 fully saturated rings. The Morgan fingerprint density at radius 2 is 2.11 bits per heavy atom. The molecule has 2 aromatic heterocycles. The van der Waals surface area contributed by atoms with Crippen LogP contribution in [-0.2, 0) is 6.18 Å². The molecule has 0 unspecified atom stereocenters. The van der Waals surface area contributed by atoms with Gasteiger partial charge in [-0.3, -0.25) is 0 Å². The molecule has 2 heterocycles. The number of aromatic nitrogens is 2. The maximum absolute atomic E-state index is 12.6. The molecule has 0 aliphatic heterocycles. The molecule has 3 nitrogen and oxygen atoms in total. The van der Waals surface area contributed by atoms with E-state index in [1.807, 2.05) is 11.1 Å². The van der Waals surface area contributed by atoms with Gasteiger partial charge in [-0.1, -0.05) is 0 Å². The van der Waals surface area contributed by atoms with Gasteiger partial charge in [0.15, 0.2) is 4.77 Å². The predicted octanol–water partition coefficient (Wildman–Crippen LogP) is 3.76. The molecular weight excluding hydrogens is 283 g/mol. The zero-order chi connectivity index (χ0) is 13.3. The van der Waals surface area contributed by atoms with Crippen molar-refractivity contribution in [2.24, 2.45) is 0 Å². The lowest BCUT2D eigenvalue weighted by atomic mass is 10.3. The van der Waals surface area contributed by atoms with Crippen LogP contribution >= 0.6 is 23.6 Å². The summed E-state index contributed by atoms with van der Waals surface area (Å²) in [6.45, 7) is 0. The minimum atomic E-state index is -4.51. The summed E-state index contributed by atoms with van der Waals surface area (Å²) < 4.78 is 37.5. The first-order valence-corrected chi connectivity index (χ1v) is 5.81. The molecule has 92 valence electrons. The second kappa shape index (κ2) is 4.51. The Kier molecular flexibility index (Phi) is 3.19. The molecule has 0 radical (unpaired) electrons. The second-order valence-corrected chi connectivity index (χ2v) is 4.73. The van der Waals surface area contributed by atoms with Crippen molar-refractivity contribution in [2.45, 2.75) is 6.18 Å². The van der Waals surface area contributed by atoms with Crippen molar-refractivity contribution in [2.75, 3.05) is 0 Å². The number of thiophene rings is 1. The number of alkyl halides is 3. The van der Waals surface area contributed by atoms with Crippen molar-refractivity contribution in [1.82, 2.24) is 9.97 Å². The highest BCUT2D eigenvalue weighted by Crippen LogP contribution is 2.32. The average Bonchev–Trinajstić information content (AvgIpc) is 2.75. The third-order valence-electron chi connectivity index (χ3n) is 2.02. The highest BCUT2D eigenvalue weighted by Gasteiger charge is 2.32. The Labute approximate surface area is 109 Å². The van der Waals surface area contributed by atoms with E-state index < -0.39 is 11.9 Å². The van der Waals surface area contributed by atoms with E-state index in [1.165, 1.54) is 6.07 Å². The van der Waals surface area contributed by atoms with E-state index in [0.717, 1.165) is 17.4 Å². The van der Waals surface area contributed by atoms with Gasteiger partial charge >= 0.3 is 6.18 Å². The molecule has 8 heteroatoms. The van der Waals surface area contributed by atoms with E-state index in [0.29, 0.717) is 9.75 Å². The van der Waals surface area contributed by atoms with Crippen LogP contribution in [-0.4, -0.2) is 9.97 Å². The lowest BCUT2D eigenvalue weighted by molar-refractivity contribution is -0.141. The molecule has 18 heavy (non-hydrogen) atoms. The maximum Gasteiger partial charge on any atom is 0.431 e. The Morgan fingerprint density at radius 1 is 1.39 bits per heavy atom. The highest BCUT2D eigenvalue weighted by atomic mass is 32.1. The molecular formula is C10H4F3N3S2. The predicted molar refractivity (Wildman–Crippen MR) is 62.5 cm³/mol. The van der Waals surface area contributed by atoms with Crippen LogP contribution in [0.25, 0.3) is 10.6 Å². The van der Waals surface area contributed by atoms with Crippen LogP contribution in [0.15, 0.2) is 18.2 Å². The molecule has 0 aromatic carbocycles. The Balaban J connectivity index is 2.56. The molecule has 1 N–H and O–H groups in total. The van der Waals surface area contributed by atoms with E-state index in [9.17, 15) is 13.2 Å². The zero-order valence-electron chi connectivity index (χ0n) is 8.58. The van der Waals surface area contributed by atoms with Gasteiger partial charge < -0.3 is 4.98 Å². The summed E-state index contributed by atoms with van der Waals surface area (Å²) in [7, 11) is 0. The number of H-pyrrole nitrogens is 1. The van der Waals surface area contributed by atoms with E-state index in [-0.39, 0.29) is 10.5 Å². The van der Waals surface area contributed by atoms with E-state index in [4.69, 9.17) is 5.26 Å². The molecule has 0 aliphatic carbocycles. The summed E-state index contributed by atoms with van der Waals surface area (Å²) >= 11 is 5.73. The van der Waals surface area contributed by atoms with E-state index >= 15 is 0 Å². The van der Waals surface area contributed by atoms with Crippen molar-refractivity contribution in [3.8, 4) is 16.6 Å². The minimum Gasteiger partial charge on any atom is -0.327 e. The Bertz CT molecular complexity index is 679. The average molecular weight is 287 g/mol. The summed E-state index contributed by atoms with van der Waals surface area (Å²) in [6, 6.07) is 5.85. The van der Waals surface area contributed by atoms with Crippen LogP contribution in [0.5, 0.6) is 0 Å². The molecule has 0 bridgehead atoms. The number of nitrogens with one attached hydrogen (secondary N) is 1. The molecule has 0 saturated carbocycles. The van der Waals surface area contributed by atoms with Crippen LogP contribution in [0.2, 0.25) is 0 Å². The lowest BCUT2D eigenvalue weighted by Gasteiger charge is -2.07. The maximum atomic E-state index is 12.6. The van der Waals surface area contributed by atoms with Gasteiger partial charge in [0.1, 0.15) is 16.6 Å². The highest BCUT2D eigenvalue weighted by molar-refractivity contribution is 7.71. The SMILES string of the molecule is N#Cc1ccc(-c2cc(C(F)(F)F)[nH]c(=S)n2)s1. The van der Waals surface area contributed by atoms with Gasteiger partial charge in [-0.15, -0.1) is 11.3 Å². The Morgan fingerprint density at radius 3 is 2.67 bits per heavy atom. The monoisotopic (exact) mass is 287 g/mol. The number of hydrogen-bond acceptors (Lipinski definition) is 4. The molecule has 0 spiro atoms. The number of aromatic amines is 1. The molecule has 0 aliphatic rings. The van der Waals surface area contributed by atoms with Crippen LogP contribution in [0.4, 0.5) is 13.2 Å². The van der Waals surface area contributed by atoms with Crippen LogP contribution in [0.1, 0.15) is 10.6 Å². The first kappa shape index (κ1) is 12.7. The van der Waals surface area contributed by atoms with Gasteiger partial charge in [-0.05, 0) is 30.4 Å². The lowest BCUT2D eigenvalue weighted by Crippen LogP contribution is -2.09. The van der Waals surface area contributed by atoms with Crippen molar-refractivity contribution >= 4 is 23.6 Å². The second-order valence-electron chi connectivity index (χ2n) is 3.26. The first-order valence-electron chi connectivity index (χ1n) is 4.59. The van der Waals surface area contributed by atoms with Crippen molar-refractivity contribution < 1.29 is 13.2 Å². The summed E-state index contributed by atoms with van der Waals surface area (Å²) in [5, 5.41) is 8.67. The number of nitriles is 1. The summed E-state index contributed by atoms with van der Waals surface area (Å²) in [5.74, 6) is 0. The third-order valence-corrected chi connectivity index (χ3v) is 3.22. The van der Waals surface area contributed by atoms with Crippen LogP contribution in [0, 0.1) is 16.1 Å². The van der Waals surface area contributed by atoms with Crippen molar-refractivity contribution in [1.29, 1.82) is 5.26 Å². The van der Waals surface area contributed by atoms with Gasteiger partial charge in [0.05, 0.1) is 10.6 Å². The number of rotatable bonds is 1. The fourth-order valence-electron chi connectivity index (χ4n) is 1.27. The van der Waals surface area contributed by atoms with Gasteiger partial charge in [0.2, 0.25) is 0 Å². The van der Waals surface area contributed by atoms with Gasteiger partial charge in [-0.2, -0.15) is 18.4 Å². The fraction of sp³-hybridized carbons (Fsp3) is 0.100. The normalized spacial score (nSPS) is 11.2. The largest absolute Gasteiger partial charge is 0.431 e. The number of halogens is 3. The quantitative estimate of drug-likeness (QED) is 0.812. The molecule has 2 rings (SSSR count). The van der Waals surface area contributed by atoms with Crippen molar-refractivity contribution in [3.63, 3.8) is 0 Å². The first-order chi connectivity index (χ1) is 8.40. The van der Waals surface area contributed by atoms with Gasteiger partial charge in [0.25, 0.3) is 0 Å². The minimum absolute atomic E-state index is 0.109. The smallest absolute Gasteiger partial charge is 0.327 e. The molecule has 0 saturated heterocycles. The summed E-state index contributed by atoms with van der Waals surface area (Å²) in [4.78, 5) is 6.69. The molecule has 2 aromatic rings. The molecule has 0 atom stereocenters. The van der Waals surface area contributed by atoms with Gasteiger partial charge in [0, 0.05) is 0 Å². The summed E-state index contributed by atoms with van der Waals surface area (Å²) in [6.07, 6.45) is -4.51. The fourth-order valence-corrected chi connectivity index (χ4v) is 2.24. The van der Waals surface area contributed by atoms with Gasteiger partial charge in [-0.25, -0.2) is 4.98 Å². The van der Waals surface area contributed by atoms with Crippen LogP contribution in [0.3, 0.4) is 0 Å². The molecule has 0 amide bonds. The topological polar surface area (TPSA) is 52.5 Å². The Hall–Kier alpha value is -1.72. The third kappa shape index (κ3) is 2.57. The van der Waals surface area contributed by atoms with E-state index in [1.54, 1.807) is 6.07 Å². The van der Waals surface area contributed by atoms with Crippen molar-refractivity contribution in [3.05, 3.63) is 33.5 Å². The number of nitrogens with zero attached hydrogens (tertiary/aromatic N) is 2. The van der Waals surface area contributed by atoms with Crippen LogP contribution < -0.4 is 0 Å². The standard InChI is InChI=1S/C10H4F3N3S2/c11-10(12,13)8-3-6(15-9(17)16-8)7-2-1-5(4-14)18-7/h1-3H,(H,15,16,17).